The summed E-state index contributed by atoms with van der Waals surface area (Å²) in [5.74, 6) is 0. The Balaban J connectivity index is 2.88. The summed E-state index contributed by atoms with van der Waals surface area (Å²) in [7, 11) is 0. The van der Waals surface area contributed by atoms with Gasteiger partial charge in [0.05, 0.1) is 0 Å². The van der Waals surface area contributed by atoms with E-state index in [4.69, 9.17) is 11.6 Å². The minimum absolute atomic E-state index is 0.397. The summed E-state index contributed by atoms with van der Waals surface area (Å²) >= 11 is 8.65. The summed E-state index contributed by atoms with van der Waals surface area (Å²) in [5, 5.41) is 0.499. The summed E-state index contributed by atoms with van der Waals surface area (Å²) in [4.78, 5) is 10.8. The van der Waals surface area contributed by atoms with Gasteiger partial charge in [-0.25, -0.2) is 0 Å². The molecule has 1 aromatic carbocycles. The standard InChI is InChI=1S/C9H8BrClO/c10-5-4-7-2-1-3-8(6-7)9(11)12/h1-3,6H,4-5H2. The van der Waals surface area contributed by atoms with Crippen molar-refractivity contribution in [1.82, 2.24) is 0 Å². The van der Waals surface area contributed by atoms with E-state index in [9.17, 15) is 4.79 Å². The van der Waals surface area contributed by atoms with Gasteiger partial charge in [0, 0.05) is 10.9 Å². The Morgan fingerprint density at radius 3 is 2.83 bits per heavy atom. The number of alkyl halides is 1. The normalized spacial score (nSPS) is 9.83. The lowest BCUT2D eigenvalue weighted by Crippen LogP contribution is -1.92. The van der Waals surface area contributed by atoms with Crippen molar-refractivity contribution < 1.29 is 4.79 Å². The fraction of sp³-hybridized carbons (Fsp3) is 0.222. The van der Waals surface area contributed by atoms with Gasteiger partial charge in [-0.15, -0.1) is 0 Å². The molecule has 0 aliphatic heterocycles. The van der Waals surface area contributed by atoms with E-state index in [2.05, 4.69) is 15.9 Å². The van der Waals surface area contributed by atoms with Crippen molar-refractivity contribution in [2.75, 3.05) is 5.33 Å². The number of rotatable bonds is 3. The number of halogens is 2. The molecule has 0 amide bonds. The van der Waals surface area contributed by atoms with Crippen molar-refractivity contribution in [3.05, 3.63) is 35.4 Å². The minimum Gasteiger partial charge on any atom is -0.276 e. The Hall–Kier alpha value is -0.340. The Morgan fingerprint density at radius 2 is 2.25 bits per heavy atom. The molecular formula is C9H8BrClO. The van der Waals surface area contributed by atoms with Crippen LogP contribution in [-0.4, -0.2) is 10.6 Å². The molecule has 0 radical (unpaired) electrons. The van der Waals surface area contributed by atoms with Crippen molar-refractivity contribution in [1.29, 1.82) is 0 Å². The molecule has 0 N–H and O–H groups in total. The van der Waals surface area contributed by atoms with Crippen molar-refractivity contribution in [3.63, 3.8) is 0 Å². The average molecular weight is 248 g/mol. The van der Waals surface area contributed by atoms with Crippen molar-refractivity contribution in [2.24, 2.45) is 0 Å². The maximum atomic E-state index is 10.8. The molecule has 1 rings (SSSR count). The lowest BCUT2D eigenvalue weighted by atomic mass is 10.1. The number of benzene rings is 1. The zero-order valence-corrected chi connectivity index (χ0v) is 8.73. The monoisotopic (exact) mass is 246 g/mol. The highest BCUT2D eigenvalue weighted by atomic mass is 79.9. The molecule has 1 nitrogen and oxygen atoms in total. The first-order chi connectivity index (χ1) is 5.74. The van der Waals surface area contributed by atoms with Crippen LogP contribution in [0.2, 0.25) is 0 Å². The highest BCUT2D eigenvalue weighted by Crippen LogP contribution is 2.09. The van der Waals surface area contributed by atoms with Gasteiger partial charge in [0.15, 0.2) is 0 Å². The van der Waals surface area contributed by atoms with Crippen LogP contribution >= 0.6 is 27.5 Å². The summed E-state index contributed by atoms with van der Waals surface area (Å²) in [6, 6.07) is 7.35. The van der Waals surface area contributed by atoms with Gasteiger partial charge < -0.3 is 0 Å². The zero-order chi connectivity index (χ0) is 8.97. The lowest BCUT2D eigenvalue weighted by Gasteiger charge is -1.98. The van der Waals surface area contributed by atoms with Crippen LogP contribution in [0.3, 0.4) is 0 Å². The van der Waals surface area contributed by atoms with E-state index in [-0.39, 0.29) is 0 Å². The summed E-state index contributed by atoms with van der Waals surface area (Å²) in [5.41, 5.74) is 1.69. The second-order valence-electron chi connectivity index (χ2n) is 2.41. The number of carbonyl (C=O) groups is 1. The molecule has 0 aromatic heterocycles. The first-order valence-electron chi connectivity index (χ1n) is 3.59. The molecule has 12 heavy (non-hydrogen) atoms. The maximum absolute atomic E-state index is 10.8. The van der Waals surface area contributed by atoms with E-state index in [1.165, 1.54) is 0 Å². The van der Waals surface area contributed by atoms with E-state index in [0.717, 1.165) is 17.3 Å². The van der Waals surface area contributed by atoms with Crippen molar-refractivity contribution in [3.8, 4) is 0 Å². The highest BCUT2D eigenvalue weighted by molar-refractivity contribution is 9.09. The smallest absolute Gasteiger partial charge is 0.252 e. The Kier molecular flexibility index (Phi) is 3.76. The molecule has 0 saturated carbocycles. The van der Waals surface area contributed by atoms with E-state index >= 15 is 0 Å². The molecule has 3 heteroatoms. The van der Waals surface area contributed by atoms with Crippen LogP contribution in [0.25, 0.3) is 0 Å². The Bertz CT molecular complexity index is 286. The third kappa shape index (κ3) is 2.61. The molecule has 1 aromatic rings. The van der Waals surface area contributed by atoms with Crippen molar-refractivity contribution in [2.45, 2.75) is 6.42 Å². The van der Waals surface area contributed by atoms with E-state index in [0.29, 0.717) is 5.56 Å². The first kappa shape index (κ1) is 9.75. The molecule has 0 unspecified atom stereocenters. The topological polar surface area (TPSA) is 17.1 Å². The van der Waals surface area contributed by atoms with E-state index < -0.39 is 5.24 Å². The molecule has 0 heterocycles. The van der Waals surface area contributed by atoms with Crippen LogP contribution in [0.15, 0.2) is 24.3 Å². The summed E-state index contributed by atoms with van der Waals surface area (Å²) in [6.45, 7) is 0. The molecule has 0 atom stereocenters. The zero-order valence-electron chi connectivity index (χ0n) is 6.39. The van der Waals surface area contributed by atoms with Gasteiger partial charge in [-0.2, -0.15) is 0 Å². The highest BCUT2D eigenvalue weighted by Gasteiger charge is 2.01. The van der Waals surface area contributed by atoms with E-state index in [1.54, 1.807) is 6.07 Å². The number of aryl methyl sites for hydroxylation is 1. The first-order valence-corrected chi connectivity index (χ1v) is 5.08. The largest absolute Gasteiger partial charge is 0.276 e. The molecule has 0 aliphatic carbocycles. The fourth-order valence-electron chi connectivity index (χ4n) is 0.958. The van der Waals surface area contributed by atoms with Crippen LogP contribution in [-0.2, 0) is 6.42 Å². The predicted octanol–water partition coefficient (Wildman–Crippen LogP) is 3.00. The maximum Gasteiger partial charge on any atom is 0.252 e. The molecule has 0 fully saturated rings. The Labute approximate surface area is 84.9 Å². The number of carbonyl (C=O) groups excluding carboxylic acids is 1. The average Bonchev–Trinajstić information content (AvgIpc) is 2.05. The fourth-order valence-corrected chi connectivity index (χ4v) is 1.53. The molecule has 0 spiro atoms. The van der Waals surface area contributed by atoms with Gasteiger partial charge in [-0.3, -0.25) is 4.79 Å². The minimum atomic E-state index is -0.397. The second kappa shape index (κ2) is 4.63. The number of hydrogen-bond acceptors (Lipinski definition) is 1. The van der Waals surface area contributed by atoms with Gasteiger partial charge in [0.1, 0.15) is 0 Å². The van der Waals surface area contributed by atoms with E-state index in [1.807, 2.05) is 18.2 Å². The molecular weight excluding hydrogens is 239 g/mol. The Morgan fingerprint density at radius 1 is 1.50 bits per heavy atom. The van der Waals surface area contributed by atoms with Gasteiger partial charge >= 0.3 is 0 Å². The molecule has 64 valence electrons. The summed E-state index contributed by atoms with van der Waals surface area (Å²) in [6.07, 6.45) is 0.915. The van der Waals surface area contributed by atoms with Crippen LogP contribution in [0.1, 0.15) is 15.9 Å². The van der Waals surface area contributed by atoms with Crippen LogP contribution < -0.4 is 0 Å². The second-order valence-corrected chi connectivity index (χ2v) is 3.55. The van der Waals surface area contributed by atoms with Gasteiger partial charge in [0.2, 0.25) is 0 Å². The molecule has 0 aliphatic rings. The molecule has 0 bridgehead atoms. The van der Waals surface area contributed by atoms with Gasteiger partial charge in [-0.05, 0) is 29.7 Å². The van der Waals surface area contributed by atoms with Gasteiger partial charge in [-0.1, -0.05) is 34.1 Å². The number of hydrogen-bond donors (Lipinski definition) is 0. The SMILES string of the molecule is O=C(Cl)c1cccc(CCBr)c1. The third-order valence-electron chi connectivity index (χ3n) is 1.54. The van der Waals surface area contributed by atoms with Crippen molar-refractivity contribution >= 4 is 32.8 Å². The van der Waals surface area contributed by atoms with Crippen LogP contribution in [0.4, 0.5) is 0 Å². The quantitative estimate of drug-likeness (QED) is 0.593. The van der Waals surface area contributed by atoms with Crippen LogP contribution in [0.5, 0.6) is 0 Å². The lowest BCUT2D eigenvalue weighted by molar-refractivity contribution is 0.108. The van der Waals surface area contributed by atoms with Crippen LogP contribution in [0, 0.1) is 0 Å². The predicted molar refractivity (Wildman–Crippen MR) is 54.1 cm³/mol. The van der Waals surface area contributed by atoms with Gasteiger partial charge in [0.25, 0.3) is 5.24 Å². The third-order valence-corrected chi connectivity index (χ3v) is 2.15. The molecule has 0 saturated heterocycles. The summed E-state index contributed by atoms with van der Waals surface area (Å²) < 4.78 is 0.